The lowest BCUT2D eigenvalue weighted by atomic mass is 10.2. The van der Waals surface area contributed by atoms with Gasteiger partial charge in [-0.05, 0) is 71.4 Å². The zero-order chi connectivity index (χ0) is 23.2. The van der Waals surface area contributed by atoms with Crippen LogP contribution >= 0.6 is 11.8 Å². The molecule has 7 nitrogen and oxygen atoms in total. The number of halogens is 1. The number of amidine groups is 1. The average Bonchev–Trinajstić information content (AvgIpc) is 3.44. The predicted octanol–water partition coefficient (Wildman–Crippen LogP) is 4.94. The quantitative estimate of drug-likeness (QED) is 0.281. The standard InChI is InChI=1S/C24H20FN3O4S/c1-30-20-10-7-17(12-21(20)31-2)14-26-27-24-28(15-19-4-3-11-32-19)23(29)22(33-24)13-16-5-8-18(25)9-6-16/h3-14H,15H2,1-2H3/b22-13-,26-14-,27-24+. The monoisotopic (exact) mass is 465 g/mol. The largest absolute Gasteiger partial charge is 0.493 e. The van der Waals surface area contributed by atoms with Gasteiger partial charge in [0.2, 0.25) is 0 Å². The van der Waals surface area contributed by atoms with Gasteiger partial charge in [0.05, 0.1) is 38.1 Å². The highest BCUT2D eigenvalue weighted by atomic mass is 32.2. The second-order valence-corrected chi connectivity index (χ2v) is 7.88. The molecule has 0 bridgehead atoms. The van der Waals surface area contributed by atoms with Crippen LogP contribution in [0.1, 0.15) is 16.9 Å². The van der Waals surface area contributed by atoms with Crippen LogP contribution in [0, 0.1) is 5.82 Å². The number of carbonyl (C=O) groups is 1. The van der Waals surface area contributed by atoms with Gasteiger partial charge in [-0.2, -0.15) is 5.10 Å². The molecule has 33 heavy (non-hydrogen) atoms. The van der Waals surface area contributed by atoms with E-state index in [1.165, 1.54) is 28.8 Å². The summed E-state index contributed by atoms with van der Waals surface area (Å²) in [5.41, 5.74) is 1.46. The van der Waals surface area contributed by atoms with Crippen molar-refractivity contribution in [2.24, 2.45) is 10.2 Å². The lowest BCUT2D eigenvalue weighted by Crippen LogP contribution is -2.28. The van der Waals surface area contributed by atoms with Crippen molar-refractivity contribution in [3.8, 4) is 11.5 Å². The molecule has 0 unspecified atom stereocenters. The van der Waals surface area contributed by atoms with Gasteiger partial charge in [-0.3, -0.25) is 9.69 Å². The number of amides is 1. The highest BCUT2D eigenvalue weighted by Gasteiger charge is 2.34. The normalized spacial score (nSPS) is 16.3. The zero-order valence-corrected chi connectivity index (χ0v) is 18.7. The van der Waals surface area contributed by atoms with Gasteiger partial charge in [0.15, 0.2) is 16.7 Å². The first-order valence-corrected chi connectivity index (χ1v) is 10.7. The van der Waals surface area contributed by atoms with Crippen molar-refractivity contribution in [1.82, 2.24) is 4.90 Å². The summed E-state index contributed by atoms with van der Waals surface area (Å²) in [6, 6.07) is 14.8. The van der Waals surface area contributed by atoms with E-state index in [2.05, 4.69) is 10.2 Å². The molecule has 1 saturated heterocycles. The Morgan fingerprint density at radius 1 is 1.06 bits per heavy atom. The first-order chi connectivity index (χ1) is 16.1. The van der Waals surface area contributed by atoms with Gasteiger partial charge >= 0.3 is 0 Å². The maximum atomic E-state index is 13.2. The van der Waals surface area contributed by atoms with E-state index in [9.17, 15) is 9.18 Å². The molecule has 1 aromatic heterocycles. The van der Waals surface area contributed by atoms with Gasteiger partial charge in [-0.15, -0.1) is 5.10 Å². The van der Waals surface area contributed by atoms with Crippen LogP contribution in [-0.2, 0) is 11.3 Å². The Morgan fingerprint density at radius 2 is 1.82 bits per heavy atom. The van der Waals surface area contributed by atoms with Crippen LogP contribution in [0.25, 0.3) is 6.08 Å². The fraction of sp³-hybridized carbons (Fsp3) is 0.125. The van der Waals surface area contributed by atoms with Crippen molar-refractivity contribution in [3.63, 3.8) is 0 Å². The Morgan fingerprint density at radius 3 is 2.52 bits per heavy atom. The van der Waals surface area contributed by atoms with Gasteiger partial charge in [0.1, 0.15) is 11.6 Å². The van der Waals surface area contributed by atoms with Crippen molar-refractivity contribution in [2.45, 2.75) is 6.54 Å². The molecule has 9 heteroatoms. The van der Waals surface area contributed by atoms with Gasteiger partial charge in [-0.25, -0.2) is 4.39 Å². The third kappa shape index (κ3) is 5.32. The Kier molecular flexibility index (Phi) is 6.89. The second kappa shape index (κ2) is 10.2. The summed E-state index contributed by atoms with van der Waals surface area (Å²) in [4.78, 5) is 15.0. The lowest BCUT2D eigenvalue weighted by Gasteiger charge is -2.12. The third-order valence-electron chi connectivity index (χ3n) is 4.71. The molecule has 0 spiro atoms. The van der Waals surface area contributed by atoms with E-state index < -0.39 is 0 Å². The first kappa shape index (κ1) is 22.3. The number of benzene rings is 2. The van der Waals surface area contributed by atoms with Crippen LogP contribution in [0.5, 0.6) is 11.5 Å². The molecule has 0 atom stereocenters. The number of carbonyl (C=O) groups excluding carboxylic acids is 1. The van der Waals surface area contributed by atoms with E-state index in [-0.39, 0.29) is 18.3 Å². The third-order valence-corrected chi connectivity index (χ3v) is 5.70. The van der Waals surface area contributed by atoms with Crippen LogP contribution in [-0.4, -0.2) is 36.4 Å². The predicted molar refractivity (Wildman–Crippen MR) is 126 cm³/mol. The second-order valence-electron chi connectivity index (χ2n) is 6.87. The molecular formula is C24H20FN3O4S. The number of furan rings is 1. The molecule has 168 valence electrons. The van der Waals surface area contributed by atoms with Crippen molar-refractivity contribution in [2.75, 3.05) is 14.2 Å². The van der Waals surface area contributed by atoms with Crippen molar-refractivity contribution < 1.29 is 23.1 Å². The fourth-order valence-electron chi connectivity index (χ4n) is 3.07. The number of nitrogens with zero attached hydrogens (tertiary/aromatic N) is 3. The Balaban J connectivity index is 1.60. The minimum absolute atomic E-state index is 0.213. The SMILES string of the molecule is COc1ccc(/C=N\N=C2\S/C(=C\c3ccc(F)cc3)C(=O)N2Cc2ccco2)cc1OC. The summed E-state index contributed by atoms with van der Waals surface area (Å²) in [6.45, 7) is 0.213. The lowest BCUT2D eigenvalue weighted by molar-refractivity contribution is -0.122. The maximum Gasteiger partial charge on any atom is 0.267 e. The zero-order valence-electron chi connectivity index (χ0n) is 17.9. The molecule has 1 aliphatic rings. The summed E-state index contributed by atoms with van der Waals surface area (Å²) in [7, 11) is 3.12. The molecular weight excluding hydrogens is 445 g/mol. The van der Waals surface area contributed by atoms with Gasteiger partial charge in [0, 0.05) is 0 Å². The number of hydrogen-bond donors (Lipinski definition) is 0. The molecule has 3 aromatic rings. The van der Waals surface area contributed by atoms with E-state index in [0.717, 1.165) is 5.56 Å². The summed E-state index contributed by atoms with van der Waals surface area (Å²) < 4.78 is 29.2. The molecule has 0 saturated carbocycles. The van der Waals surface area contributed by atoms with Gasteiger partial charge < -0.3 is 13.9 Å². The average molecular weight is 466 g/mol. The Bertz CT molecular complexity index is 1220. The summed E-state index contributed by atoms with van der Waals surface area (Å²) >= 11 is 1.19. The molecule has 1 amide bonds. The molecule has 1 fully saturated rings. The molecule has 0 N–H and O–H groups in total. The van der Waals surface area contributed by atoms with E-state index in [0.29, 0.717) is 32.9 Å². The van der Waals surface area contributed by atoms with Crippen LogP contribution in [0.3, 0.4) is 0 Å². The van der Waals surface area contributed by atoms with E-state index in [1.54, 1.807) is 69.2 Å². The number of methoxy groups -OCH3 is 2. The number of hydrogen-bond acceptors (Lipinski definition) is 7. The minimum Gasteiger partial charge on any atom is -0.493 e. The molecule has 0 radical (unpaired) electrons. The Hall–Kier alpha value is -3.85. The van der Waals surface area contributed by atoms with E-state index in [4.69, 9.17) is 13.9 Å². The highest BCUT2D eigenvalue weighted by molar-refractivity contribution is 8.18. The van der Waals surface area contributed by atoms with Crippen molar-refractivity contribution in [1.29, 1.82) is 0 Å². The van der Waals surface area contributed by atoms with E-state index in [1.807, 2.05) is 6.07 Å². The number of rotatable bonds is 7. The van der Waals surface area contributed by atoms with E-state index >= 15 is 0 Å². The summed E-state index contributed by atoms with van der Waals surface area (Å²) in [5, 5.41) is 8.84. The molecule has 4 rings (SSSR count). The van der Waals surface area contributed by atoms with Gasteiger partial charge in [0.25, 0.3) is 5.91 Å². The summed E-state index contributed by atoms with van der Waals surface area (Å²) in [6.07, 6.45) is 4.80. The fourth-order valence-corrected chi connectivity index (χ4v) is 4.00. The van der Waals surface area contributed by atoms with Gasteiger partial charge in [-0.1, -0.05) is 12.1 Å². The molecule has 1 aliphatic heterocycles. The molecule has 2 aromatic carbocycles. The highest BCUT2D eigenvalue weighted by Crippen LogP contribution is 2.34. The smallest absolute Gasteiger partial charge is 0.267 e. The summed E-state index contributed by atoms with van der Waals surface area (Å²) in [5.74, 6) is 1.22. The van der Waals surface area contributed by atoms with Crippen LogP contribution in [0.15, 0.2) is 80.4 Å². The molecule has 2 heterocycles. The topological polar surface area (TPSA) is 76.6 Å². The number of thioether (sulfide) groups is 1. The first-order valence-electron chi connectivity index (χ1n) is 9.90. The Labute approximate surface area is 194 Å². The maximum absolute atomic E-state index is 13.2. The minimum atomic E-state index is -0.339. The molecule has 0 aliphatic carbocycles. The van der Waals surface area contributed by atoms with Crippen molar-refractivity contribution >= 4 is 35.1 Å². The van der Waals surface area contributed by atoms with Crippen LogP contribution in [0.2, 0.25) is 0 Å². The van der Waals surface area contributed by atoms with Crippen LogP contribution < -0.4 is 9.47 Å². The van der Waals surface area contributed by atoms with Crippen molar-refractivity contribution in [3.05, 3.63) is 88.5 Å². The number of ether oxygens (including phenoxy) is 2. The van der Waals surface area contributed by atoms with Crippen LogP contribution in [0.4, 0.5) is 4.39 Å².